The molecule has 33 heavy (non-hydrogen) atoms. The molecular weight excluding hydrogens is 440 g/mol. The lowest BCUT2D eigenvalue weighted by atomic mass is 9.96. The first kappa shape index (κ1) is 23.3. The zero-order valence-electron chi connectivity index (χ0n) is 19.5. The van der Waals surface area contributed by atoms with Gasteiger partial charge < -0.3 is 10.2 Å². The van der Waals surface area contributed by atoms with E-state index in [0.717, 1.165) is 40.5 Å². The predicted octanol–water partition coefficient (Wildman–Crippen LogP) is 2.90. The van der Waals surface area contributed by atoms with Crippen molar-refractivity contribution in [3.8, 4) is 0 Å². The third-order valence-electron chi connectivity index (χ3n) is 6.19. The van der Waals surface area contributed by atoms with Gasteiger partial charge >= 0.3 is 0 Å². The highest BCUT2D eigenvalue weighted by Crippen LogP contribution is 2.40. The molecule has 1 atom stereocenters. The molecule has 1 N–H and O–H groups in total. The van der Waals surface area contributed by atoms with Gasteiger partial charge in [0.25, 0.3) is 0 Å². The molecule has 1 fully saturated rings. The summed E-state index contributed by atoms with van der Waals surface area (Å²) in [4.78, 5) is 30.0. The van der Waals surface area contributed by atoms with Gasteiger partial charge in [0.05, 0.1) is 16.3 Å². The second kappa shape index (κ2) is 8.79. The number of hydrogen-bond acceptors (Lipinski definition) is 5. The topological polar surface area (TPSA) is 90.0 Å². The number of hydrogen-bond donors (Lipinski definition) is 1. The van der Waals surface area contributed by atoms with Crippen LogP contribution < -0.4 is 15.1 Å². The molecule has 0 saturated carbocycles. The number of anilines is 3. The van der Waals surface area contributed by atoms with E-state index in [-0.39, 0.29) is 29.3 Å². The monoisotopic (exact) mass is 470 g/mol. The third-order valence-corrected chi connectivity index (χ3v) is 8.00. The van der Waals surface area contributed by atoms with E-state index in [1.54, 1.807) is 12.1 Å². The van der Waals surface area contributed by atoms with Crippen LogP contribution in [0, 0.1) is 13.8 Å². The summed E-state index contributed by atoms with van der Waals surface area (Å²) in [5.74, 6) is -0.499. The molecule has 0 aromatic heterocycles. The van der Waals surface area contributed by atoms with Crippen molar-refractivity contribution in [2.45, 2.75) is 44.0 Å². The molecule has 1 unspecified atom stereocenters. The molecule has 0 spiro atoms. The molecule has 8 nitrogen and oxygen atoms in total. The highest BCUT2D eigenvalue weighted by molar-refractivity contribution is 7.89. The fourth-order valence-corrected chi connectivity index (χ4v) is 5.59. The maximum Gasteiger partial charge on any atom is 0.250 e. The van der Waals surface area contributed by atoms with Gasteiger partial charge in [-0.25, -0.2) is 12.7 Å². The van der Waals surface area contributed by atoms with Gasteiger partial charge in [-0.3, -0.25) is 14.5 Å². The summed E-state index contributed by atoms with van der Waals surface area (Å²) in [5.41, 5.74) is 3.97. The van der Waals surface area contributed by atoms with Crippen molar-refractivity contribution < 1.29 is 18.0 Å². The number of carbonyl (C=O) groups is 2. The number of amides is 2. The Morgan fingerprint density at radius 1 is 1.06 bits per heavy atom. The van der Waals surface area contributed by atoms with E-state index in [9.17, 15) is 18.0 Å². The van der Waals surface area contributed by atoms with Crippen LogP contribution in [0.25, 0.3) is 0 Å². The molecule has 2 aromatic rings. The number of carbonyl (C=O) groups excluding carboxylic acids is 2. The number of benzene rings is 2. The maximum absolute atomic E-state index is 13.5. The van der Waals surface area contributed by atoms with Gasteiger partial charge in [0, 0.05) is 26.3 Å². The zero-order valence-corrected chi connectivity index (χ0v) is 20.3. The molecule has 4 rings (SSSR count). The number of nitrogens with zero attached hydrogens (tertiary/aromatic N) is 3. The van der Waals surface area contributed by atoms with Crippen LogP contribution in [0.1, 0.15) is 30.4 Å². The molecule has 176 valence electrons. The minimum Gasteiger partial charge on any atom is -0.358 e. The predicted molar refractivity (Wildman–Crippen MR) is 129 cm³/mol. The first-order valence-corrected chi connectivity index (χ1v) is 12.5. The van der Waals surface area contributed by atoms with E-state index in [4.69, 9.17) is 0 Å². The molecule has 0 radical (unpaired) electrons. The quantitative estimate of drug-likeness (QED) is 0.726. The molecule has 9 heteroatoms. The van der Waals surface area contributed by atoms with Crippen LogP contribution in [0.2, 0.25) is 0 Å². The molecule has 0 aliphatic carbocycles. The first-order chi connectivity index (χ1) is 15.6. The summed E-state index contributed by atoms with van der Waals surface area (Å²) in [7, 11) is -0.755. The van der Waals surface area contributed by atoms with Crippen LogP contribution in [0.5, 0.6) is 0 Å². The average Bonchev–Trinajstić information content (AvgIpc) is 2.75. The highest BCUT2D eigenvalue weighted by Gasteiger charge is 2.40. The number of rotatable bonds is 5. The van der Waals surface area contributed by atoms with Crippen molar-refractivity contribution in [3.63, 3.8) is 0 Å². The van der Waals surface area contributed by atoms with E-state index in [2.05, 4.69) is 5.32 Å². The normalized spacial score (nSPS) is 18.2. The Kier molecular flexibility index (Phi) is 6.20. The van der Waals surface area contributed by atoms with E-state index in [1.165, 1.54) is 25.1 Å². The van der Waals surface area contributed by atoms with Crippen LogP contribution in [0.15, 0.2) is 41.3 Å². The Labute approximate surface area is 195 Å². The first-order valence-electron chi connectivity index (χ1n) is 11.1. The Bertz CT molecular complexity index is 1190. The van der Waals surface area contributed by atoms with Crippen LogP contribution >= 0.6 is 0 Å². The maximum atomic E-state index is 13.5. The molecule has 2 aromatic carbocycles. The molecule has 2 amide bonds. The molecule has 0 bridgehead atoms. The minimum absolute atomic E-state index is 0.0919. The molecule has 1 saturated heterocycles. The Balaban J connectivity index is 1.70. The van der Waals surface area contributed by atoms with Gasteiger partial charge in [-0.05, 0) is 74.6 Å². The van der Waals surface area contributed by atoms with E-state index in [1.807, 2.05) is 36.9 Å². The number of nitrogens with one attached hydrogen (secondary N) is 1. The molecule has 2 aliphatic rings. The highest BCUT2D eigenvalue weighted by atomic mass is 32.2. The Hall–Kier alpha value is -2.91. The second-order valence-electron chi connectivity index (χ2n) is 8.99. The van der Waals surface area contributed by atoms with Crippen LogP contribution in [-0.4, -0.2) is 57.8 Å². The van der Waals surface area contributed by atoms with Crippen molar-refractivity contribution in [2.75, 3.05) is 42.3 Å². The van der Waals surface area contributed by atoms with Crippen molar-refractivity contribution in [1.29, 1.82) is 0 Å². The third kappa shape index (κ3) is 4.47. The Morgan fingerprint density at radius 3 is 2.42 bits per heavy atom. The molecule has 2 heterocycles. The number of fused-ring (bicyclic) bond motifs is 3. The van der Waals surface area contributed by atoms with Crippen molar-refractivity contribution in [3.05, 3.63) is 47.5 Å². The van der Waals surface area contributed by atoms with Gasteiger partial charge in [-0.1, -0.05) is 6.07 Å². The van der Waals surface area contributed by atoms with Gasteiger partial charge in [-0.2, -0.15) is 0 Å². The number of sulfonamides is 1. The summed E-state index contributed by atoms with van der Waals surface area (Å²) in [6.45, 7) is 4.45. The standard InChI is InChI=1S/C24H30N4O4S/c1-16-11-17(2)13-18(12-16)25-23(29)15-28-22-14-19(33(31,32)26(3)4)8-9-20(22)27-10-6-5-7-21(27)24(28)30/h8-9,11-14,21H,5-7,10,15H2,1-4H3,(H,25,29). The summed E-state index contributed by atoms with van der Waals surface area (Å²) >= 11 is 0. The summed E-state index contributed by atoms with van der Waals surface area (Å²) in [5, 5.41) is 2.88. The van der Waals surface area contributed by atoms with Crippen LogP contribution in [-0.2, 0) is 19.6 Å². The Morgan fingerprint density at radius 2 is 1.76 bits per heavy atom. The van der Waals surface area contributed by atoms with Crippen LogP contribution in [0.4, 0.5) is 17.1 Å². The number of aryl methyl sites for hydroxylation is 2. The summed E-state index contributed by atoms with van der Waals surface area (Å²) in [6, 6.07) is 10.3. The van der Waals surface area contributed by atoms with Gasteiger partial charge in [0.2, 0.25) is 21.8 Å². The zero-order chi connectivity index (χ0) is 23.9. The minimum atomic E-state index is -3.69. The molecular formula is C24H30N4O4S. The van der Waals surface area contributed by atoms with E-state index in [0.29, 0.717) is 17.8 Å². The van der Waals surface area contributed by atoms with E-state index < -0.39 is 10.0 Å². The van der Waals surface area contributed by atoms with Crippen LogP contribution in [0.3, 0.4) is 0 Å². The smallest absolute Gasteiger partial charge is 0.250 e. The van der Waals surface area contributed by atoms with Crippen molar-refractivity contribution in [1.82, 2.24) is 4.31 Å². The average molecular weight is 471 g/mol. The summed E-state index contributed by atoms with van der Waals surface area (Å²) < 4.78 is 26.6. The lowest BCUT2D eigenvalue weighted by Crippen LogP contribution is -2.56. The fourth-order valence-electron chi connectivity index (χ4n) is 4.66. The lowest BCUT2D eigenvalue weighted by molar-refractivity contribution is -0.123. The van der Waals surface area contributed by atoms with Gasteiger partial charge in [0.15, 0.2) is 0 Å². The largest absolute Gasteiger partial charge is 0.358 e. The SMILES string of the molecule is Cc1cc(C)cc(NC(=O)CN2C(=O)C3CCCCN3c3ccc(S(=O)(=O)N(C)C)cc32)c1. The van der Waals surface area contributed by atoms with Gasteiger partial charge in [0.1, 0.15) is 12.6 Å². The number of piperidine rings is 1. The fraction of sp³-hybridized carbons (Fsp3) is 0.417. The second-order valence-corrected chi connectivity index (χ2v) is 11.1. The van der Waals surface area contributed by atoms with Gasteiger partial charge in [-0.15, -0.1) is 0 Å². The van der Waals surface area contributed by atoms with Crippen molar-refractivity contribution >= 4 is 38.9 Å². The lowest BCUT2D eigenvalue weighted by Gasteiger charge is -2.45. The van der Waals surface area contributed by atoms with E-state index >= 15 is 0 Å². The van der Waals surface area contributed by atoms with Crippen molar-refractivity contribution in [2.24, 2.45) is 0 Å². The molecule has 2 aliphatic heterocycles. The summed E-state index contributed by atoms with van der Waals surface area (Å²) in [6.07, 6.45) is 2.62.